The van der Waals surface area contributed by atoms with Crippen LogP contribution in [-0.4, -0.2) is 21.1 Å². The fraction of sp³-hybridized carbons (Fsp3) is 0.158. The van der Waals surface area contributed by atoms with Gasteiger partial charge >= 0.3 is 0 Å². The van der Waals surface area contributed by atoms with E-state index in [1.807, 2.05) is 50.2 Å². The lowest BCUT2D eigenvalue weighted by molar-refractivity contribution is 0.102. The van der Waals surface area contributed by atoms with Crippen LogP contribution in [0, 0.1) is 13.8 Å². The van der Waals surface area contributed by atoms with E-state index in [1.165, 1.54) is 0 Å². The molecule has 6 nitrogen and oxygen atoms in total. The van der Waals surface area contributed by atoms with Gasteiger partial charge in [0, 0.05) is 11.9 Å². The SMILES string of the molecule is Cc1ccc(C)c(NC(=O)c2ccc(NCc3ccccn3)nn2)c1. The van der Waals surface area contributed by atoms with E-state index in [1.54, 1.807) is 18.3 Å². The van der Waals surface area contributed by atoms with E-state index in [0.29, 0.717) is 12.4 Å². The molecule has 1 aromatic carbocycles. The van der Waals surface area contributed by atoms with Gasteiger partial charge in [-0.3, -0.25) is 9.78 Å². The van der Waals surface area contributed by atoms with Crippen molar-refractivity contribution < 1.29 is 4.79 Å². The standard InChI is InChI=1S/C19H19N5O/c1-13-6-7-14(2)17(11-13)22-19(25)16-8-9-18(24-23-16)21-12-15-5-3-4-10-20-15/h3-11H,12H2,1-2H3,(H,21,24)(H,22,25). The molecule has 6 heteroatoms. The van der Waals surface area contributed by atoms with Crippen LogP contribution in [0.25, 0.3) is 0 Å². The Morgan fingerprint density at radius 2 is 1.92 bits per heavy atom. The topological polar surface area (TPSA) is 79.8 Å². The molecular weight excluding hydrogens is 314 g/mol. The predicted molar refractivity (Wildman–Crippen MR) is 97.5 cm³/mol. The number of hydrogen-bond donors (Lipinski definition) is 2. The molecule has 25 heavy (non-hydrogen) atoms. The predicted octanol–water partition coefficient (Wildman–Crippen LogP) is 3.35. The number of aryl methyl sites for hydroxylation is 2. The van der Waals surface area contributed by atoms with Gasteiger partial charge in [0.1, 0.15) is 5.82 Å². The lowest BCUT2D eigenvalue weighted by Crippen LogP contribution is -2.15. The summed E-state index contributed by atoms with van der Waals surface area (Å²) in [6.07, 6.45) is 1.74. The molecule has 0 aliphatic heterocycles. The Hall–Kier alpha value is -3.28. The van der Waals surface area contributed by atoms with Gasteiger partial charge in [0.2, 0.25) is 0 Å². The number of hydrogen-bond acceptors (Lipinski definition) is 5. The maximum Gasteiger partial charge on any atom is 0.276 e. The van der Waals surface area contributed by atoms with Gasteiger partial charge in [-0.2, -0.15) is 0 Å². The van der Waals surface area contributed by atoms with E-state index in [4.69, 9.17) is 0 Å². The Bertz CT molecular complexity index is 863. The van der Waals surface area contributed by atoms with Gasteiger partial charge in [-0.25, -0.2) is 0 Å². The Balaban J connectivity index is 1.63. The maximum atomic E-state index is 12.3. The fourth-order valence-corrected chi connectivity index (χ4v) is 2.29. The van der Waals surface area contributed by atoms with Gasteiger partial charge in [-0.1, -0.05) is 18.2 Å². The number of rotatable bonds is 5. The van der Waals surface area contributed by atoms with E-state index < -0.39 is 0 Å². The molecule has 0 atom stereocenters. The summed E-state index contributed by atoms with van der Waals surface area (Å²) < 4.78 is 0. The molecular formula is C19H19N5O. The van der Waals surface area contributed by atoms with Crippen molar-refractivity contribution >= 4 is 17.4 Å². The highest BCUT2D eigenvalue weighted by Gasteiger charge is 2.10. The zero-order valence-electron chi connectivity index (χ0n) is 14.2. The number of pyridine rings is 1. The average Bonchev–Trinajstić information content (AvgIpc) is 2.64. The second-order valence-corrected chi connectivity index (χ2v) is 5.75. The summed E-state index contributed by atoms with van der Waals surface area (Å²) in [4.78, 5) is 16.6. The van der Waals surface area contributed by atoms with Gasteiger partial charge in [0.15, 0.2) is 5.69 Å². The minimum absolute atomic E-state index is 0.268. The van der Waals surface area contributed by atoms with Crippen LogP contribution in [0.4, 0.5) is 11.5 Å². The summed E-state index contributed by atoms with van der Waals surface area (Å²) >= 11 is 0. The van der Waals surface area contributed by atoms with Gasteiger partial charge in [-0.05, 0) is 55.3 Å². The third kappa shape index (κ3) is 4.38. The second-order valence-electron chi connectivity index (χ2n) is 5.75. The molecule has 3 rings (SSSR count). The first-order valence-electron chi connectivity index (χ1n) is 7.98. The Labute approximate surface area is 146 Å². The summed E-state index contributed by atoms with van der Waals surface area (Å²) in [5.41, 5.74) is 4.04. The highest BCUT2D eigenvalue weighted by molar-refractivity contribution is 6.03. The Kier molecular flexibility index (Phi) is 4.99. The molecule has 0 unspecified atom stereocenters. The summed E-state index contributed by atoms with van der Waals surface area (Å²) in [5.74, 6) is 0.311. The minimum Gasteiger partial charge on any atom is -0.363 e. The smallest absolute Gasteiger partial charge is 0.276 e. The van der Waals surface area contributed by atoms with Gasteiger partial charge in [-0.15, -0.1) is 10.2 Å². The first-order chi connectivity index (χ1) is 12.1. The van der Waals surface area contributed by atoms with Crippen molar-refractivity contribution in [2.24, 2.45) is 0 Å². The number of amides is 1. The van der Waals surface area contributed by atoms with Crippen LogP contribution >= 0.6 is 0 Å². The fourth-order valence-electron chi connectivity index (χ4n) is 2.29. The molecule has 0 saturated heterocycles. The molecule has 2 heterocycles. The van der Waals surface area contributed by atoms with Crippen molar-refractivity contribution in [3.63, 3.8) is 0 Å². The summed E-state index contributed by atoms with van der Waals surface area (Å²) in [5, 5.41) is 14.0. The van der Waals surface area contributed by atoms with Gasteiger partial charge < -0.3 is 10.6 Å². The lowest BCUT2D eigenvalue weighted by atomic mass is 10.1. The van der Waals surface area contributed by atoms with Crippen molar-refractivity contribution in [3.05, 3.63) is 77.2 Å². The molecule has 0 aliphatic carbocycles. The maximum absolute atomic E-state index is 12.3. The highest BCUT2D eigenvalue weighted by Crippen LogP contribution is 2.17. The zero-order chi connectivity index (χ0) is 17.6. The number of benzene rings is 1. The summed E-state index contributed by atoms with van der Waals surface area (Å²) in [7, 11) is 0. The normalized spacial score (nSPS) is 10.3. The quantitative estimate of drug-likeness (QED) is 0.748. The molecule has 0 saturated carbocycles. The third-order valence-corrected chi connectivity index (χ3v) is 3.72. The van der Waals surface area contributed by atoms with Crippen LogP contribution in [0.5, 0.6) is 0 Å². The Morgan fingerprint density at radius 3 is 2.64 bits per heavy atom. The second kappa shape index (κ2) is 7.53. The first-order valence-corrected chi connectivity index (χ1v) is 7.98. The summed E-state index contributed by atoms with van der Waals surface area (Å²) in [6.45, 7) is 4.48. The number of nitrogens with zero attached hydrogens (tertiary/aromatic N) is 3. The van der Waals surface area contributed by atoms with Gasteiger partial charge in [0.05, 0.1) is 12.2 Å². The highest BCUT2D eigenvalue weighted by atomic mass is 16.1. The molecule has 0 aliphatic rings. The molecule has 2 aromatic heterocycles. The number of aromatic nitrogens is 3. The van der Waals surface area contributed by atoms with Crippen molar-refractivity contribution in [2.75, 3.05) is 10.6 Å². The molecule has 126 valence electrons. The number of carbonyl (C=O) groups is 1. The summed E-state index contributed by atoms with van der Waals surface area (Å²) in [6, 6.07) is 15.0. The van der Waals surface area contributed by atoms with Crippen molar-refractivity contribution in [1.82, 2.24) is 15.2 Å². The largest absolute Gasteiger partial charge is 0.363 e. The zero-order valence-corrected chi connectivity index (χ0v) is 14.2. The Morgan fingerprint density at radius 1 is 1.04 bits per heavy atom. The molecule has 3 aromatic rings. The third-order valence-electron chi connectivity index (χ3n) is 3.72. The molecule has 2 N–H and O–H groups in total. The van der Waals surface area contributed by atoms with Crippen LogP contribution in [0.2, 0.25) is 0 Å². The van der Waals surface area contributed by atoms with E-state index in [0.717, 1.165) is 22.5 Å². The molecule has 0 bridgehead atoms. The van der Waals surface area contributed by atoms with Crippen molar-refractivity contribution in [3.8, 4) is 0 Å². The minimum atomic E-state index is -0.280. The number of nitrogens with one attached hydrogen (secondary N) is 2. The van der Waals surface area contributed by atoms with Crippen LogP contribution in [0.15, 0.2) is 54.7 Å². The average molecular weight is 333 g/mol. The molecule has 0 radical (unpaired) electrons. The molecule has 1 amide bonds. The molecule has 0 spiro atoms. The van der Waals surface area contributed by atoms with Crippen molar-refractivity contribution in [2.45, 2.75) is 20.4 Å². The van der Waals surface area contributed by atoms with Crippen LogP contribution in [0.1, 0.15) is 27.3 Å². The first kappa shape index (κ1) is 16.6. The van der Waals surface area contributed by atoms with Gasteiger partial charge in [0.25, 0.3) is 5.91 Å². The van der Waals surface area contributed by atoms with Crippen molar-refractivity contribution in [1.29, 1.82) is 0 Å². The van der Waals surface area contributed by atoms with E-state index in [2.05, 4.69) is 25.8 Å². The molecule has 0 fully saturated rings. The van der Waals surface area contributed by atoms with Crippen LogP contribution < -0.4 is 10.6 Å². The van der Waals surface area contributed by atoms with Crippen LogP contribution in [0.3, 0.4) is 0 Å². The van der Waals surface area contributed by atoms with E-state index in [-0.39, 0.29) is 11.6 Å². The van der Waals surface area contributed by atoms with E-state index in [9.17, 15) is 4.79 Å². The van der Waals surface area contributed by atoms with Crippen LogP contribution in [-0.2, 0) is 6.54 Å². The monoisotopic (exact) mass is 333 g/mol. The number of anilines is 2. The van der Waals surface area contributed by atoms with E-state index >= 15 is 0 Å². The number of carbonyl (C=O) groups excluding carboxylic acids is 1. The lowest BCUT2D eigenvalue weighted by Gasteiger charge is -2.09.